The molecule has 0 unspecified atom stereocenters. The quantitative estimate of drug-likeness (QED) is 0.891. The van der Waals surface area contributed by atoms with Crippen LogP contribution in [0, 0.1) is 6.92 Å². The van der Waals surface area contributed by atoms with Gasteiger partial charge in [0.05, 0.1) is 0 Å². The van der Waals surface area contributed by atoms with Gasteiger partial charge in [-0.1, -0.05) is 29.8 Å². The number of hydrogen-bond acceptors (Lipinski definition) is 2. The predicted molar refractivity (Wildman–Crippen MR) is 88.0 cm³/mol. The molecule has 0 fully saturated rings. The predicted octanol–water partition coefficient (Wildman–Crippen LogP) is 2.93. The normalized spacial score (nSPS) is 10.1. The van der Waals surface area contributed by atoms with E-state index in [4.69, 9.17) is 0 Å². The lowest BCUT2D eigenvalue weighted by atomic mass is 10.1. The highest BCUT2D eigenvalue weighted by Crippen LogP contribution is 2.09. The first kappa shape index (κ1) is 15.8. The highest BCUT2D eigenvalue weighted by atomic mass is 16.2. The first-order valence-corrected chi connectivity index (χ1v) is 7.26. The molecule has 0 spiro atoms. The number of carbonyl (C=O) groups excluding carboxylic acids is 2. The Hall–Kier alpha value is -2.62. The van der Waals surface area contributed by atoms with Crippen LogP contribution >= 0.6 is 0 Å². The summed E-state index contributed by atoms with van der Waals surface area (Å²) in [6.07, 6.45) is 0.802. The molecule has 0 radical (unpaired) electrons. The largest absolute Gasteiger partial charge is 0.352 e. The number of carbonyl (C=O) groups is 2. The highest BCUT2D eigenvalue weighted by Gasteiger charge is 2.05. The molecule has 0 heterocycles. The van der Waals surface area contributed by atoms with Gasteiger partial charge in [-0.3, -0.25) is 9.59 Å². The molecule has 2 aromatic rings. The van der Waals surface area contributed by atoms with Crippen LogP contribution in [0.15, 0.2) is 48.5 Å². The van der Waals surface area contributed by atoms with Gasteiger partial charge < -0.3 is 10.6 Å². The average molecular weight is 296 g/mol. The van der Waals surface area contributed by atoms with E-state index in [9.17, 15) is 9.59 Å². The molecule has 22 heavy (non-hydrogen) atoms. The number of aryl methyl sites for hydroxylation is 1. The Balaban J connectivity index is 1.84. The zero-order valence-electron chi connectivity index (χ0n) is 12.8. The van der Waals surface area contributed by atoms with Gasteiger partial charge >= 0.3 is 0 Å². The second kappa shape index (κ2) is 7.41. The Labute approximate surface area is 130 Å². The molecular weight excluding hydrogens is 276 g/mol. The molecule has 0 atom stereocenters. The first-order valence-electron chi connectivity index (χ1n) is 7.26. The Morgan fingerprint density at radius 2 is 1.59 bits per heavy atom. The number of amides is 2. The third-order valence-corrected chi connectivity index (χ3v) is 3.29. The van der Waals surface area contributed by atoms with Crippen LogP contribution in [0.4, 0.5) is 5.69 Å². The van der Waals surface area contributed by atoms with E-state index < -0.39 is 0 Å². The van der Waals surface area contributed by atoms with Crippen LogP contribution in [0.25, 0.3) is 0 Å². The Morgan fingerprint density at radius 1 is 0.955 bits per heavy atom. The van der Waals surface area contributed by atoms with Crippen molar-refractivity contribution in [3.63, 3.8) is 0 Å². The van der Waals surface area contributed by atoms with Crippen molar-refractivity contribution < 1.29 is 9.59 Å². The molecule has 0 saturated heterocycles. The summed E-state index contributed by atoms with van der Waals surface area (Å²) in [5.74, 6) is -0.239. The fourth-order valence-corrected chi connectivity index (χ4v) is 2.09. The maximum atomic E-state index is 12.0. The van der Waals surface area contributed by atoms with Crippen LogP contribution in [-0.2, 0) is 11.2 Å². The van der Waals surface area contributed by atoms with Gasteiger partial charge in [0.25, 0.3) is 5.91 Å². The van der Waals surface area contributed by atoms with Crippen molar-refractivity contribution in [1.82, 2.24) is 5.32 Å². The topological polar surface area (TPSA) is 58.2 Å². The lowest BCUT2D eigenvalue weighted by Crippen LogP contribution is -2.25. The van der Waals surface area contributed by atoms with E-state index in [1.165, 1.54) is 18.1 Å². The summed E-state index contributed by atoms with van der Waals surface area (Å²) in [4.78, 5) is 23.0. The molecule has 0 aliphatic rings. The molecule has 0 bridgehead atoms. The average Bonchev–Trinajstić information content (AvgIpc) is 2.49. The third-order valence-electron chi connectivity index (χ3n) is 3.29. The van der Waals surface area contributed by atoms with Crippen LogP contribution in [0.2, 0.25) is 0 Å². The van der Waals surface area contributed by atoms with Gasteiger partial charge in [0.2, 0.25) is 5.91 Å². The highest BCUT2D eigenvalue weighted by molar-refractivity contribution is 5.95. The van der Waals surface area contributed by atoms with Crippen molar-refractivity contribution in [1.29, 1.82) is 0 Å². The molecule has 0 saturated carbocycles. The first-order chi connectivity index (χ1) is 10.5. The standard InChI is InChI=1S/C18H20N2O2/c1-13-3-5-15(6-4-13)11-12-19-18(22)16-7-9-17(10-8-16)20-14(2)21/h3-10H,11-12H2,1-2H3,(H,19,22)(H,20,21). The SMILES string of the molecule is CC(=O)Nc1ccc(C(=O)NCCc2ccc(C)cc2)cc1. The Bertz CT molecular complexity index is 646. The smallest absolute Gasteiger partial charge is 0.251 e. The summed E-state index contributed by atoms with van der Waals surface area (Å²) in [5, 5.41) is 5.57. The second-order valence-electron chi connectivity index (χ2n) is 5.25. The molecule has 2 N–H and O–H groups in total. The van der Waals surface area contributed by atoms with Crippen LogP contribution in [0.1, 0.15) is 28.4 Å². The van der Waals surface area contributed by atoms with Gasteiger partial charge in [-0.05, 0) is 43.2 Å². The third kappa shape index (κ3) is 4.74. The molecule has 2 rings (SSSR count). The number of rotatable bonds is 5. The molecule has 4 nitrogen and oxygen atoms in total. The fraction of sp³-hybridized carbons (Fsp3) is 0.222. The molecular formula is C18H20N2O2. The van der Waals surface area contributed by atoms with E-state index in [2.05, 4.69) is 41.8 Å². The Kier molecular flexibility index (Phi) is 5.31. The van der Waals surface area contributed by atoms with E-state index in [1.807, 2.05) is 0 Å². The summed E-state index contributed by atoms with van der Waals surface area (Å²) in [6, 6.07) is 15.1. The van der Waals surface area contributed by atoms with Gasteiger partial charge in [-0.25, -0.2) is 0 Å². The summed E-state index contributed by atoms with van der Waals surface area (Å²) >= 11 is 0. The maximum Gasteiger partial charge on any atom is 0.251 e. The zero-order valence-corrected chi connectivity index (χ0v) is 12.8. The summed E-state index contributed by atoms with van der Waals surface area (Å²) in [5.41, 5.74) is 3.70. The number of hydrogen-bond donors (Lipinski definition) is 2. The van der Waals surface area contributed by atoms with Crippen molar-refractivity contribution in [2.24, 2.45) is 0 Å². The fourth-order valence-electron chi connectivity index (χ4n) is 2.09. The van der Waals surface area contributed by atoms with Gasteiger partial charge in [0, 0.05) is 24.7 Å². The van der Waals surface area contributed by atoms with Crippen LogP contribution in [0.5, 0.6) is 0 Å². The van der Waals surface area contributed by atoms with E-state index in [0.717, 1.165) is 6.42 Å². The second-order valence-corrected chi connectivity index (χ2v) is 5.25. The van der Waals surface area contributed by atoms with E-state index in [0.29, 0.717) is 17.8 Å². The summed E-state index contributed by atoms with van der Waals surface area (Å²) in [7, 11) is 0. The lowest BCUT2D eigenvalue weighted by Gasteiger charge is -2.07. The number of benzene rings is 2. The van der Waals surface area contributed by atoms with Gasteiger partial charge in [0.15, 0.2) is 0 Å². The molecule has 114 valence electrons. The van der Waals surface area contributed by atoms with Crippen molar-refractivity contribution >= 4 is 17.5 Å². The van der Waals surface area contributed by atoms with Crippen molar-refractivity contribution in [3.8, 4) is 0 Å². The molecule has 0 aromatic heterocycles. The van der Waals surface area contributed by atoms with Gasteiger partial charge in [0.1, 0.15) is 0 Å². The maximum absolute atomic E-state index is 12.0. The minimum atomic E-state index is -0.129. The summed E-state index contributed by atoms with van der Waals surface area (Å²) < 4.78 is 0. The lowest BCUT2D eigenvalue weighted by molar-refractivity contribution is -0.114. The van der Waals surface area contributed by atoms with Gasteiger partial charge in [-0.2, -0.15) is 0 Å². The van der Waals surface area contributed by atoms with Crippen LogP contribution in [-0.4, -0.2) is 18.4 Å². The van der Waals surface area contributed by atoms with E-state index in [1.54, 1.807) is 24.3 Å². The van der Waals surface area contributed by atoms with Gasteiger partial charge in [-0.15, -0.1) is 0 Å². The van der Waals surface area contributed by atoms with Crippen molar-refractivity contribution in [2.45, 2.75) is 20.3 Å². The molecule has 0 aliphatic heterocycles. The van der Waals surface area contributed by atoms with Crippen molar-refractivity contribution in [2.75, 3.05) is 11.9 Å². The van der Waals surface area contributed by atoms with Crippen LogP contribution in [0.3, 0.4) is 0 Å². The van der Waals surface area contributed by atoms with E-state index >= 15 is 0 Å². The minimum absolute atomic E-state index is 0.110. The molecule has 4 heteroatoms. The molecule has 2 aromatic carbocycles. The Morgan fingerprint density at radius 3 is 2.18 bits per heavy atom. The molecule has 0 aliphatic carbocycles. The van der Waals surface area contributed by atoms with E-state index in [-0.39, 0.29) is 11.8 Å². The summed E-state index contributed by atoms with van der Waals surface area (Å²) in [6.45, 7) is 4.09. The minimum Gasteiger partial charge on any atom is -0.352 e. The number of anilines is 1. The van der Waals surface area contributed by atoms with Crippen LogP contribution < -0.4 is 10.6 Å². The molecule has 2 amide bonds. The number of nitrogens with one attached hydrogen (secondary N) is 2. The van der Waals surface area contributed by atoms with Crippen molar-refractivity contribution in [3.05, 3.63) is 65.2 Å². The zero-order chi connectivity index (χ0) is 15.9. The monoisotopic (exact) mass is 296 g/mol.